The van der Waals surface area contributed by atoms with Gasteiger partial charge in [0.05, 0.1) is 10.8 Å². The second-order valence-corrected chi connectivity index (χ2v) is 9.12. The number of ether oxygens (including phenoxy) is 1. The number of aliphatic carboxylic acids is 1. The van der Waals surface area contributed by atoms with E-state index in [1.54, 1.807) is 30.2 Å². The van der Waals surface area contributed by atoms with Crippen molar-refractivity contribution in [3.63, 3.8) is 0 Å². The monoisotopic (exact) mass is 462 g/mol. The molecule has 0 radical (unpaired) electrons. The van der Waals surface area contributed by atoms with Crippen LogP contribution in [-0.2, 0) is 9.59 Å². The zero-order chi connectivity index (χ0) is 24.5. The van der Waals surface area contributed by atoms with Gasteiger partial charge in [-0.1, -0.05) is 31.2 Å². The van der Waals surface area contributed by atoms with Gasteiger partial charge in [-0.2, -0.15) is 0 Å². The third-order valence-electron chi connectivity index (χ3n) is 6.99. The fourth-order valence-corrected chi connectivity index (χ4v) is 4.86. The second-order valence-electron chi connectivity index (χ2n) is 9.12. The van der Waals surface area contributed by atoms with E-state index in [9.17, 15) is 19.5 Å². The Balaban J connectivity index is 1.58. The minimum Gasteiger partial charge on any atom is -0.481 e. The summed E-state index contributed by atoms with van der Waals surface area (Å²) in [6.45, 7) is 6.22. The van der Waals surface area contributed by atoms with Crippen molar-refractivity contribution < 1.29 is 19.4 Å². The molecule has 0 bridgehead atoms. The maximum atomic E-state index is 13.1. The van der Waals surface area contributed by atoms with Crippen LogP contribution >= 0.6 is 0 Å². The second kappa shape index (κ2) is 9.33. The molecule has 1 fully saturated rings. The van der Waals surface area contributed by atoms with Crippen LogP contribution in [0, 0.1) is 12.3 Å². The molecule has 2 N–H and O–H groups in total. The average Bonchev–Trinajstić information content (AvgIpc) is 2.84. The number of aromatic amines is 1. The highest BCUT2D eigenvalue weighted by atomic mass is 16.5. The minimum absolute atomic E-state index is 0.183. The van der Waals surface area contributed by atoms with Crippen molar-refractivity contribution in [3.05, 3.63) is 64.6 Å². The number of rotatable bonds is 6. The molecule has 0 saturated carbocycles. The first kappa shape index (κ1) is 23.5. The number of nitrogens with one attached hydrogen (secondary N) is 1. The van der Waals surface area contributed by atoms with E-state index in [0.717, 1.165) is 22.1 Å². The highest BCUT2D eigenvalue weighted by Crippen LogP contribution is 2.34. The van der Waals surface area contributed by atoms with Gasteiger partial charge in [0.1, 0.15) is 5.75 Å². The largest absolute Gasteiger partial charge is 0.481 e. The number of hydrogen-bond donors (Lipinski definition) is 2. The van der Waals surface area contributed by atoms with Crippen LogP contribution < -0.4 is 10.3 Å². The molecule has 7 nitrogen and oxygen atoms in total. The highest BCUT2D eigenvalue weighted by Gasteiger charge is 2.43. The van der Waals surface area contributed by atoms with Gasteiger partial charge in [-0.25, -0.2) is 0 Å². The first-order chi connectivity index (χ1) is 16.3. The van der Waals surface area contributed by atoms with Crippen LogP contribution in [0.4, 0.5) is 0 Å². The van der Waals surface area contributed by atoms with Crippen molar-refractivity contribution in [2.24, 2.45) is 5.41 Å². The number of likely N-dealkylation sites (tertiary alicyclic amines) is 1. The van der Waals surface area contributed by atoms with E-state index in [1.165, 1.54) is 0 Å². The summed E-state index contributed by atoms with van der Waals surface area (Å²) in [5, 5.41) is 11.0. The number of carbonyl (C=O) groups is 2. The summed E-state index contributed by atoms with van der Waals surface area (Å²) in [6, 6.07) is 13.2. The number of hydrogen-bond acceptors (Lipinski definition) is 4. The number of carboxylic acids is 1. The molecule has 34 heavy (non-hydrogen) atoms. The van der Waals surface area contributed by atoms with Gasteiger partial charge >= 0.3 is 5.97 Å². The number of fused-ring (bicyclic) bond motifs is 1. The molecule has 0 aliphatic carbocycles. The molecular weight excluding hydrogens is 432 g/mol. The molecule has 3 aromatic rings. The molecule has 0 unspecified atom stereocenters. The Bertz CT molecular complexity index is 1300. The van der Waals surface area contributed by atoms with Crippen molar-refractivity contribution in [1.82, 2.24) is 9.88 Å². The van der Waals surface area contributed by atoms with Crippen molar-refractivity contribution in [2.45, 2.75) is 46.1 Å². The summed E-state index contributed by atoms with van der Waals surface area (Å²) < 4.78 is 5.93. The third-order valence-corrected chi connectivity index (χ3v) is 6.99. The van der Waals surface area contributed by atoms with E-state index < -0.39 is 17.5 Å². The van der Waals surface area contributed by atoms with Crippen LogP contribution in [0.15, 0.2) is 53.5 Å². The SMILES string of the molecule is CC[C@]1(C(=O)O)CCCN(C(=O)[C@@H](C)Oc2ccc3c(-c4ccccc4C)c[nH]c(=O)c3c2)C1. The minimum atomic E-state index is -0.907. The lowest BCUT2D eigenvalue weighted by atomic mass is 9.77. The maximum absolute atomic E-state index is 13.1. The first-order valence-electron chi connectivity index (χ1n) is 11.7. The summed E-state index contributed by atoms with van der Waals surface area (Å²) in [6.07, 6.45) is 2.59. The lowest BCUT2D eigenvalue weighted by Gasteiger charge is -2.40. The molecule has 2 aromatic carbocycles. The summed E-state index contributed by atoms with van der Waals surface area (Å²) in [7, 11) is 0. The van der Waals surface area contributed by atoms with Crippen LogP contribution in [0.1, 0.15) is 38.7 Å². The molecule has 7 heteroatoms. The number of aryl methyl sites for hydroxylation is 1. The molecule has 1 saturated heterocycles. The number of carbonyl (C=O) groups excluding carboxylic acids is 1. The van der Waals surface area contributed by atoms with Crippen LogP contribution in [-0.4, -0.2) is 46.1 Å². The van der Waals surface area contributed by atoms with Crippen LogP contribution in [0.3, 0.4) is 0 Å². The maximum Gasteiger partial charge on any atom is 0.311 e. The molecule has 1 aliphatic heterocycles. The number of H-pyrrole nitrogens is 1. The van der Waals surface area contributed by atoms with Gasteiger partial charge in [0.15, 0.2) is 6.10 Å². The smallest absolute Gasteiger partial charge is 0.311 e. The Morgan fingerprint density at radius 1 is 1.18 bits per heavy atom. The van der Waals surface area contributed by atoms with Crippen molar-refractivity contribution in [2.75, 3.05) is 13.1 Å². The van der Waals surface area contributed by atoms with Gasteiger partial charge in [0.25, 0.3) is 11.5 Å². The van der Waals surface area contributed by atoms with Gasteiger partial charge in [-0.05, 0) is 67.8 Å². The zero-order valence-corrected chi connectivity index (χ0v) is 19.8. The summed E-state index contributed by atoms with van der Waals surface area (Å²) in [5.74, 6) is -0.696. The average molecular weight is 463 g/mol. The van der Waals surface area contributed by atoms with Crippen molar-refractivity contribution in [3.8, 4) is 16.9 Å². The third kappa shape index (κ3) is 4.30. The normalized spacial score (nSPS) is 19.1. The van der Waals surface area contributed by atoms with E-state index in [1.807, 2.05) is 44.2 Å². The number of piperidine rings is 1. The fraction of sp³-hybridized carbons (Fsp3) is 0.370. The molecule has 1 aromatic heterocycles. The van der Waals surface area contributed by atoms with Crippen molar-refractivity contribution in [1.29, 1.82) is 0 Å². The quantitative estimate of drug-likeness (QED) is 0.567. The molecule has 0 spiro atoms. The van der Waals surface area contributed by atoms with Gasteiger partial charge in [0, 0.05) is 24.8 Å². The Kier molecular flexibility index (Phi) is 6.46. The fourth-order valence-electron chi connectivity index (χ4n) is 4.86. The van der Waals surface area contributed by atoms with Crippen LogP contribution in [0.5, 0.6) is 5.75 Å². The summed E-state index contributed by atoms with van der Waals surface area (Å²) >= 11 is 0. The van der Waals surface area contributed by atoms with E-state index in [0.29, 0.717) is 36.9 Å². The van der Waals surface area contributed by atoms with Gasteiger partial charge < -0.3 is 19.7 Å². The predicted molar refractivity (Wildman–Crippen MR) is 131 cm³/mol. The van der Waals surface area contributed by atoms with Crippen molar-refractivity contribution >= 4 is 22.6 Å². The number of aromatic nitrogens is 1. The highest BCUT2D eigenvalue weighted by molar-refractivity contribution is 5.97. The van der Waals surface area contributed by atoms with Gasteiger partial charge in [0.2, 0.25) is 0 Å². The zero-order valence-electron chi connectivity index (χ0n) is 19.8. The van der Waals surface area contributed by atoms with E-state index in [2.05, 4.69) is 4.98 Å². The lowest BCUT2D eigenvalue weighted by molar-refractivity contribution is -0.156. The standard InChI is InChI=1S/C27H30N2O5/c1-4-27(26(32)33)12-7-13-29(16-27)25(31)18(3)34-19-10-11-21-22(14-19)24(30)28-15-23(21)20-9-6-5-8-17(20)2/h5-6,8-11,14-15,18H,4,7,12-13,16H2,1-3H3,(H,28,30)(H,32,33)/t18-,27+/m1/s1. The first-order valence-corrected chi connectivity index (χ1v) is 11.7. The molecule has 2 heterocycles. The molecule has 1 aliphatic rings. The van der Waals surface area contributed by atoms with E-state index >= 15 is 0 Å². The number of carboxylic acid groups (broad SMARTS) is 1. The predicted octanol–water partition coefficient (Wildman–Crippen LogP) is 4.37. The number of benzene rings is 2. The number of nitrogens with zero attached hydrogens (tertiary/aromatic N) is 1. The number of amides is 1. The molecule has 4 rings (SSSR count). The Morgan fingerprint density at radius 3 is 2.65 bits per heavy atom. The molecule has 1 amide bonds. The topological polar surface area (TPSA) is 99.7 Å². The Hall–Kier alpha value is -3.61. The van der Waals surface area contributed by atoms with E-state index in [4.69, 9.17) is 4.74 Å². The Labute approximate surface area is 198 Å². The molecule has 2 atom stereocenters. The van der Waals surface area contributed by atoms with Crippen LogP contribution in [0.25, 0.3) is 21.9 Å². The van der Waals surface area contributed by atoms with Gasteiger partial charge in [-0.15, -0.1) is 0 Å². The lowest BCUT2D eigenvalue weighted by Crippen LogP contribution is -2.52. The number of pyridine rings is 1. The molecule has 178 valence electrons. The van der Waals surface area contributed by atoms with Gasteiger partial charge in [-0.3, -0.25) is 14.4 Å². The van der Waals surface area contributed by atoms with E-state index in [-0.39, 0.29) is 18.0 Å². The summed E-state index contributed by atoms with van der Waals surface area (Å²) in [5.41, 5.74) is 1.91. The molecular formula is C27H30N2O5. The summed E-state index contributed by atoms with van der Waals surface area (Å²) in [4.78, 5) is 41.9. The Morgan fingerprint density at radius 2 is 1.94 bits per heavy atom. The van der Waals surface area contributed by atoms with Crippen LogP contribution in [0.2, 0.25) is 0 Å².